The van der Waals surface area contributed by atoms with Gasteiger partial charge in [0.1, 0.15) is 5.82 Å². The van der Waals surface area contributed by atoms with Gasteiger partial charge in [0.2, 0.25) is 11.7 Å². The quantitative estimate of drug-likeness (QED) is 0.746. The molecule has 1 aliphatic heterocycles. The lowest BCUT2D eigenvalue weighted by atomic mass is 10.1. The van der Waals surface area contributed by atoms with E-state index in [-0.39, 0.29) is 47.7 Å². The lowest BCUT2D eigenvalue weighted by molar-refractivity contribution is -0.145. The molecule has 28 heavy (non-hydrogen) atoms. The highest BCUT2D eigenvalue weighted by Crippen LogP contribution is 2.45. The second-order valence-electron chi connectivity index (χ2n) is 6.72. The summed E-state index contributed by atoms with van der Waals surface area (Å²) in [4.78, 5) is 22.6. The van der Waals surface area contributed by atoms with Crippen molar-refractivity contribution >= 4 is 18.3 Å². The molecule has 0 aromatic carbocycles. The number of carbonyl (C=O) groups excluding carboxylic acids is 1. The smallest absolute Gasteiger partial charge is 0.351 e. The number of pyridine rings is 1. The van der Waals surface area contributed by atoms with Gasteiger partial charge in [0.15, 0.2) is 0 Å². The number of hydrogen-bond donors (Lipinski definition) is 2. The molecule has 4 rings (SSSR count). The molecule has 0 radical (unpaired) electrons. The Labute approximate surface area is 163 Å². The highest BCUT2D eigenvalue weighted by molar-refractivity contribution is 5.85. The van der Waals surface area contributed by atoms with E-state index in [1.807, 2.05) is 0 Å². The van der Waals surface area contributed by atoms with Crippen molar-refractivity contribution in [2.75, 3.05) is 6.54 Å². The van der Waals surface area contributed by atoms with Gasteiger partial charge in [-0.15, -0.1) is 12.4 Å². The van der Waals surface area contributed by atoms with E-state index in [1.54, 1.807) is 0 Å². The summed E-state index contributed by atoms with van der Waals surface area (Å²) in [6.45, 7) is 0.779. The van der Waals surface area contributed by atoms with E-state index in [9.17, 15) is 22.4 Å². The molecule has 2 fully saturated rings. The van der Waals surface area contributed by atoms with Gasteiger partial charge in [-0.25, -0.2) is 14.4 Å². The molecule has 3 heterocycles. The molecule has 1 saturated heterocycles. The summed E-state index contributed by atoms with van der Waals surface area (Å²) < 4.78 is 51.6. The number of nitrogens with zero attached hydrogens (tertiary/aromatic N) is 3. The average Bonchev–Trinajstić information content (AvgIpc) is 3.30. The van der Waals surface area contributed by atoms with E-state index < -0.39 is 17.8 Å². The van der Waals surface area contributed by atoms with Gasteiger partial charge in [-0.2, -0.15) is 13.2 Å². The number of nitrogens with one attached hydrogen (secondary N) is 2. The van der Waals surface area contributed by atoms with Crippen LogP contribution in [0.5, 0.6) is 0 Å². The van der Waals surface area contributed by atoms with E-state index in [0.717, 1.165) is 31.6 Å². The first kappa shape index (κ1) is 20.4. The largest absolute Gasteiger partial charge is 0.451 e. The van der Waals surface area contributed by atoms with Crippen LogP contribution in [0.15, 0.2) is 24.7 Å². The van der Waals surface area contributed by atoms with Gasteiger partial charge in [-0.05, 0) is 30.9 Å². The predicted octanol–water partition coefficient (Wildman–Crippen LogP) is 2.34. The zero-order valence-corrected chi connectivity index (χ0v) is 15.1. The second kappa shape index (κ2) is 7.59. The fourth-order valence-corrected chi connectivity index (χ4v) is 3.30. The van der Waals surface area contributed by atoms with E-state index in [1.165, 1.54) is 6.07 Å². The number of carbonyl (C=O) groups is 1. The molecule has 6 nitrogen and oxygen atoms in total. The summed E-state index contributed by atoms with van der Waals surface area (Å²) in [6.07, 6.45) is -0.687. The van der Waals surface area contributed by atoms with E-state index in [0.29, 0.717) is 11.8 Å². The van der Waals surface area contributed by atoms with Gasteiger partial charge in [0, 0.05) is 30.1 Å². The minimum Gasteiger partial charge on any atom is -0.351 e. The molecule has 2 N–H and O–H groups in total. The number of rotatable bonds is 4. The maximum absolute atomic E-state index is 14.0. The molecule has 1 aliphatic carbocycles. The Balaban J connectivity index is 0.00000225. The standard InChI is InChI=1S/C17H15F4N5O.ClH/c18-12-7-22-13(10-5-25-16(26-6-10)17(19,20)21)2-9(12)4-24-15(27)14-11-1-8(11)3-23-14;/h2,5-8,11,14,23H,1,3-4H2,(H,24,27);1H/t8-,11+,14?;/m0./s1. The highest BCUT2D eigenvalue weighted by Gasteiger charge is 2.50. The molecule has 11 heteroatoms. The fraction of sp³-hybridized carbons (Fsp3) is 0.412. The van der Waals surface area contributed by atoms with Crippen molar-refractivity contribution in [3.63, 3.8) is 0 Å². The van der Waals surface area contributed by atoms with Crippen LogP contribution in [0.1, 0.15) is 17.8 Å². The number of fused-ring (bicyclic) bond motifs is 1. The van der Waals surface area contributed by atoms with Gasteiger partial charge in [-0.3, -0.25) is 9.78 Å². The first-order valence-corrected chi connectivity index (χ1v) is 8.38. The van der Waals surface area contributed by atoms with Gasteiger partial charge >= 0.3 is 6.18 Å². The summed E-state index contributed by atoms with van der Waals surface area (Å²) >= 11 is 0. The Kier molecular flexibility index (Phi) is 5.53. The van der Waals surface area contributed by atoms with E-state index >= 15 is 0 Å². The fourth-order valence-electron chi connectivity index (χ4n) is 3.30. The van der Waals surface area contributed by atoms with Gasteiger partial charge in [-0.1, -0.05) is 0 Å². The molecule has 2 aromatic heterocycles. The molecule has 0 bridgehead atoms. The van der Waals surface area contributed by atoms with Crippen LogP contribution in [-0.2, 0) is 17.5 Å². The summed E-state index contributed by atoms with van der Waals surface area (Å²) in [7, 11) is 0. The van der Waals surface area contributed by atoms with E-state index in [4.69, 9.17) is 0 Å². The van der Waals surface area contributed by atoms with E-state index in [2.05, 4.69) is 25.6 Å². The maximum Gasteiger partial charge on any atom is 0.451 e. The number of piperidine rings is 1. The van der Waals surface area contributed by atoms with Gasteiger partial charge in [0.25, 0.3) is 0 Å². The molecule has 3 atom stereocenters. The third-order valence-corrected chi connectivity index (χ3v) is 4.88. The van der Waals surface area contributed by atoms with Gasteiger partial charge < -0.3 is 10.6 Å². The van der Waals surface area contributed by atoms with Crippen LogP contribution in [-0.4, -0.2) is 33.4 Å². The molecule has 1 saturated carbocycles. The zero-order valence-electron chi connectivity index (χ0n) is 14.3. The number of amides is 1. The van der Waals surface area contributed by atoms with Crippen LogP contribution in [0.25, 0.3) is 11.3 Å². The third kappa shape index (κ3) is 4.07. The number of aromatic nitrogens is 3. The van der Waals surface area contributed by atoms with Crippen molar-refractivity contribution in [2.45, 2.75) is 25.2 Å². The molecule has 1 amide bonds. The topological polar surface area (TPSA) is 79.8 Å². The Morgan fingerprint density at radius 3 is 2.50 bits per heavy atom. The second-order valence-corrected chi connectivity index (χ2v) is 6.72. The van der Waals surface area contributed by atoms with Crippen molar-refractivity contribution in [1.29, 1.82) is 0 Å². The number of halogens is 5. The minimum absolute atomic E-state index is 0. The van der Waals surface area contributed by atoms with Crippen molar-refractivity contribution in [1.82, 2.24) is 25.6 Å². The Hall–Kier alpha value is -2.33. The monoisotopic (exact) mass is 417 g/mol. The first-order chi connectivity index (χ1) is 12.8. The van der Waals surface area contributed by atoms with Crippen LogP contribution in [0.2, 0.25) is 0 Å². The Morgan fingerprint density at radius 2 is 1.93 bits per heavy atom. The van der Waals surface area contributed by atoms with Crippen molar-refractivity contribution in [3.05, 3.63) is 41.9 Å². The summed E-state index contributed by atoms with van der Waals surface area (Å²) in [5.74, 6) is -1.15. The van der Waals surface area contributed by atoms with Crippen LogP contribution in [0.3, 0.4) is 0 Å². The Morgan fingerprint density at radius 1 is 1.21 bits per heavy atom. The lowest BCUT2D eigenvalue weighted by Gasteiger charge is -2.14. The molecule has 1 unspecified atom stereocenters. The zero-order chi connectivity index (χ0) is 19.2. The summed E-state index contributed by atoms with van der Waals surface area (Å²) in [6, 6.07) is 1.12. The number of hydrogen-bond acceptors (Lipinski definition) is 5. The van der Waals surface area contributed by atoms with Crippen molar-refractivity contribution in [2.24, 2.45) is 11.8 Å². The molecular formula is C17H16ClF4N5O. The summed E-state index contributed by atoms with van der Waals surface area (Å²) in [5, 5.41) is 5.83. The van der Waals surface area contributed by atoms with Crippen molar-refractivity contribution < 1.29 is 22.4 Å². The lowest BCUT2D eigenvalue weighted by Crippen LogP contribution is -2.42. The predicted molar refractivity (Wildman–Crippen MR) is 92.7 cm³/mol. The SMILES string of the molecule is Cl.O=C(NCc1cc(-c2cnc(C(F)(F)F)nc2)ncc1F)C1NC[C@@H]2C[C@@H]12. The maximum atomic E-state index is 14.0. The number of alkyl halides is 3. The minimum atomic E-state index is -4.64. The molecule has 2 aromatic rings. The Bertz CT molecular complexity index is 877. The summed E-state index contributed by atoms with van der Waals surface area (Å²) in [5.41, 5.74) is 0.614. The molecule has 2 aliphatic rings. The van der Waals surface area contributed by atoms with Crippen LogP contribution < -0.4 is 10.6 Å². The highest BCUT2D eigenvalue weighted by atomic mass is 35.5. The molecule has 0 spiro atoms. The van der Waals surface area contributed by atoms with Crippen molar-refractivity contribution in [3.8, 4) is 11.3 Å². The molecule has 150 valence electrons. The van der Waals surface area contributed by atoms with Crippen LogP contribution in [0.4, 0.5) is 17.6 Å². The first-order valence-electron chi connectivity index (χ1n) is 8.38. The van der Waals surface area contributed by atoms with Gasteiger partial charge in [0.05, 0.1) is 17.9 Å². The molecular weight excluding hydrogens is 402 g/mol. The average molecular weight is 418 g/mol. The van der Waals surface area contributed by atoms with Crippen LogP contribution >= 0.6 is 12.4 Å². The normalized spacial score (nSPS) is 22.9. The van der Waals surface area contributed by atoms with Crippen LogP contribution in [0, 0.1) is 17.7 Å². The third-order valence-electron chi connectivity index (χ3n) is 4.88.